The summed E-state index contributed by atoms with van der Waals surface area (Å²) in [4.78, 5) is 11.7. The van der Waals surface area contributed by atoms with Crippen LogP contribution in [0.4, 0.5) is 0 Å². The Labute approximate surface area is 177 Å². The Morgan fingerprint density at radius 3 is 2.73 bits per heavy atom. The fourth-order valence-electron chi connectivity index (χ4n) is 3.76. The summed E-state index contributed by atoms with van der Waals surface area (Å²) in [5.74, 6) is 3.70. The van der Waals surface area contributed by atoms with Gasteiger partial charge in [-0.2, -0.15) is 5.10 Å². The molecule has 1 aromatic heterocycles. The van der Waals surface area contributed by atoms with E-state index in [9.17, 15) is 0 Å². The molecule has 3 aromatic rings. The highest BCUT2D eigenvalue weighted by molar-refractivity contribution is 5.80. The SMILES string of the molecule is CCNC(=NCc1nc(-c2ccc(OC)cc2)n[nH]1)N1CCC(c2ccccc2)C1. The van der Waals surface area contributed by atoms with Gasteiger partial charge in [0.25, 0.3) is 0 Å². The van der Waals surface area contributed by atoms with Crippen molar-refractivity contribution >= 4 is 5.96 Å². The number of likely N-dealkylation sites (tertiary alicyclic amines) is 1. The van der Waals surface area contributed by atoms with Crippen molar-refractivity contribution in [2.45, 2.75) is 25.8 Å². The molecule has 0 bridgehead atoms. The first-order valence-corrected chi connectivity index (χ1v) is 10.4. The lowest BCUT2D eigenvalue weighted by Gasteiger charge is -2.21. The van der Waals surface area contributed by atoms with Gasteiger partial charge in [-0.1, -0.05) is 30.3 Å². The van der Waals surface area contributed by atoms with E-state index in [0.717, 1.165) is 49.2 Å². The zero-order valence-electron chi connectivity index (χ0n) is 17.5. The van der Waals surface area contributed by atoms with Crippen LogP contribution in [0.5, 0.6) is 5.75 Å². The van der Waals surface area contributed by atoms with E-state index in [1.807, 2.05) is 24.3 Å². The third-order valence-corrected chi connectivity index (χ3v) is 5.35. The van der Waals surface area contributed by atoms with Crippen LogP contribution in [0, 0.1) is 0 Å². The largest absolute Gasteiger partial charge is 0.497 e. The normalized spacial score (nSPS) is 16.7. The van der Waals surface area contributed by atoms with Gasteiger partial charge in [0.05, 0.1) is 7.11 Å². The average Bonchev–Trinajstić information content (AvgIpc) is 3.47. The van der Waals surface area contributed by atoms with Crippen molar-refractivity contribution in [1.82, 2.24) is 25.4 Å². The molecular formula is C23H28N6O. The Morgan fingerprint density at radius 1 is 1.20 bits per heavy atom. The van der Waals surface area contributed by atoms with Crippen LogP contribution >= 0.6 is 0 Å². The van der Waals surface area contributed by atoms with E-state index < -0.39 is 0 Å². The molecule has 1 aliphatic rings. The van der Waals surface area contributed by atoms with E-state index in [1.165, 1.54) is 5.56 Å². The van der Waals surface area contributed by atoms with Gasteiger partial charge >= 0.3 is 0 Å². The number of aromatic nitrogens is 3. The van der Waals surface area contributed by atoms with Crippen molar-refractivity contribution in [2.75, 3.05) is 26.7 Å². The summed E-state index contributed by atoms with van der Waals surface area (Å²) >= 11 is 0. The second-order valence-corrected chi connectivity index (χ2v) is 7.35. The van der Waals surface area contributed by atoms with Crippen LogP contribution in [-0.2, 0) is 6.54 Å². The highest BCUT2D eigenvalue weighted by atomic mass is 16.5. The van der Waals surface area contributed by atoms with Gasteiger partial charge in [0.2, 0.25) is 0 Å². The van der Waals surface area contributed by atoms with Gasteiger partial charge in [0.15, 0.2) is 11.8 Å². The van der Waals surface area contributed by atoms with Gasteiger partial charge in [0, 0.05) is 31.1 Å². The summed E-state index contributed by atoms with van der Waals surface area (Å²) in [6, 6.07) is 18.4. The molecule has 2 N–H and O–H groups in total. The second kappa shape index (κ2) is 9.43. The third kappa shape index (κ3) is 4.62. The van der Waals surface area contributed by atoms with Gasteiger partial charge in [-0.15, -0.1) is 0 Å². The number of nitrogens with one attached hydrogen (secondary N) is 2. The summed E-state index contributed by atoms with van der Waals surface area (Å²) in [6.07, 6.45) is 1.14. The molecule has 7 nitrogen and oxygen atoms in total. The molecule has 0 radical (unpaired) electrons. The number of rotatable bonds is 6. The van der Waals surface area contributed by atoms with Crippen LogP contribution in [0.15, 0.2) is 59.6 Å². The quantitative estimate of drug-likeness (QED) is 0.486. The van der Waals surface area contributed by atoms with E-state index in [4.69, 9.17) is 9.73 Å². The zero-order valence-corrected chi connectivity index (χ0v) is 17.5. The maximum atomic E-state index is 5.20. The topological polar surface area (TPSA) is 78.4 Å². The summed E-state index contributed by atoms with van der Waals surface area (Å²) in [5.41, 5.74) is 2.34. The molecular weight excluding hydrogens is 376 g/mol. The number of hydrogen-bond donors (Lipinski definition) is 2. The number of H-pyrrole nitrogens is 1. The lowest BCUT2D eigenvalue weighted by atomic mass is 9.99. The van der Waals surface area contributed by atoms with Gasteiger partial charge in [0.1, 0.15) is 18.1 Å². The lowest BCUT2D eigenvalue weighted by Crippen LogP contribution is -2.40. The van der Waals surface area contributed by atoms with Crippen LogP contribution in [0.2, 0.25) is 0 Å². The first-order chi connectivity index (χ1) is 14.8. The summed E-state index contributed by atoms with van der Waals surface area (Å²) in [5, 5.41) is 10.8. The van der Waals surface area contributed by atoms with Crippen molar-refractivity contribution < 1.29 is 4.74 Å². The fraction of sp³-hybridized carbons (Fsp3) is 0.348. The minimum absolute atomic E-state index is 0.456. The maximum absolute atomic E-state index is 5.20. The first-order valence-electron chi connectivity index (χ1n) is 10.4. The van der Waals surface area contributed by atoms with Crippen LogP contribution in [-0.4, -0.2) is 52.8 Å². The first kappa shape index (κ1) is 19.9. The Hall–Kier alpha value is -3.35. The summed E-state index contributed by atoms with van der Waals surface area (Å²) in [7, 11) is 1.66. The molecule has 0 aliphatic carbocycles. The Bertz CT molecular complexity index is 967. The highest BCUT2D eigenvalue weighted by Crippen LogP contribution is 2.27. The minimum Gasteiger partial charge on any atom is -0.497 e. The van der Waals surface area contributed by atoms with E-state index in [-0.39, 0.29) is 0 Å². The number of hydrogen-bond acceptors (Lipinski definition) is 4. The standard InChI is InChI=1S/C23H28N6O/c1-3-24-23(29-14-13-19(16-29)17-7-5-4-6-8-17)25-15-21-26-22(28-27-21)18-9-11-20(30-2)12-10-18/h4-12,19H,3,13-16H2,1-2H3,(H,24,25)(H,26,27,28). The van der Waals surface area contributed by atoms with Crippen LogP contribution in [0.25, 0.3) is 11.4 Å². The molecule has 0 amide bonds. The zero-order chi connectivity index (χ0) is 20.8. The molecule has 2 aromatic carbocycles. The summed E-state index contributed by atoms with van der Waals surface area (Å²) < 4.78 is 5.20. The van der Waals surface area contributed by atoms with Gasteiger partial charge in [-0.3, -0.25) is 5.10 Å². The summed E-state index contributed by atoms with van der Waals surface area (Å²) in [6.45, 7) is 5.36. The Balaban J connectivity index is 1.42. The molecule has 1 aliphatic heterocycles. The predicted octanol–water partition coefficient (Wildman–Crippen LogP) is 3.44. The second-order valence-electron chi connectivity index (χ2n) is 7.35. The number of guanidine groups is 1. The van der Waals surface area contributed by atoms with Gasteiger partial charge in [-0.05, 0) is 43.2 Å². The van der Waals surface area contributed by atoms with Gasteiger partial charge < -0.3 is 15.0 Å². The molecule has 4 rings (SSSR count). The van der Waals surface area contributed by atoms with Crippen molar-refractivity contribution in [3.63, 3.8) is 0 Å². The van der Waals surface area contributed by atoms with Crippen molar-refractivity contribution in [1.29, 1.82) is 0 Å². The molecule has 156 valence electrons. The number of aromatic amines is 1. The van der Waals surface area contributed by atoms with E-state index in [2.05, 4.69) is 62.7 Å². The lowest BCUT2D eigenvalue weighted by molar-refractivity contribution is 0.415. The van der Waals surface area contributed by atoms with Crippen molar-refractivity contribution in [3.8, 4) is 17.1 Å². The smallest absolute Gasteiger partial charge is 0.194 e. The van der Waals surface area contributed by atoms with E-state index >= 15 is 0 Å². The van der Waals surface area contributed by atoms with Crippen molar-refractivity contribution in [2.24, 2.45) is 4.99 Å². The van der Waals surface area contributed by atoms with Gasteiger partial charge in [-0.25, -0.2) is 9.98 Å². The number of benzene rings is 2. The van der Waals surface area contributed by atoms with Crippen molar-refractivity contribution in [3.05, 3.63) is 66.0 Å². The van der Waals surface area contributed by atoms with Crippen LogP contribution in [0.1, 0.15) is 30.7 Å². The molecule has 2 heterocycles. The minimum atomic E-state index is 0.456. The molecule has 30 heavy (non-hydrogen) atoms. The Morgan fingerprint density at radius 2 is 2.00 bits per heavy atom. The van der Waals surface area contributed by atoms with E-state index in [0.29, 0.717) is 18.3 Å². The molecule has 1 fully saturated rings. The Kier molecular flexibility index (Phi) is 6.27. The van der Waals surface area contributed by atoms with Crippen LogP contribution in [0.3, 0.4) is 0 Å². The molecule has 1 unspecified atom stereocenters. The third-order valence-electron chi connectivity index (χ3n) is 5.35. The fourth-order valence-corrected chi connectivity index (χ4v) is 3.76. The number of ether oxygens (including phenoxy) is 1. The molecule has 1 atom stereocenters. The van der Waals surface area contributed by atoms with E-state index in [1.54, 1.807) is 7.11 Å². The average molecular weight is 405 g/mol. The molecule has 0 spiro atoms. The van der Waals surface area contributed by atoms with Crippen LogP contribution < -0.4 is 10.1 Å². The predicted molar refractivity (Wildman–Crippen MR) is 119 cm³/mol. The highest BCUT2D eigenvalue weighted by Gasteiger charge is 2.25. The number of methoxy groups -OCH3 is 1. The monoisotopic (exact) mass is 404 g/mol. The maximum Gasteiger partial charge on any atom is 0.194 e. The molecule has 0 saturated carbocycles. The molecule has 1 saturated heterocycles. The molecule has 7 heteroatoms. The number of nitrogens with zero attached hydrogens (tertiary/aromatic N) is 4. The number of aliphatic imine (C=N–C) groups is 1.